The molecule has 0 saturated heterocycles. The van der Waals surface area contributed by atoms with E-state index < -0.39 is 0 Å². The van der Waals surface area contributed by atoms with Gasteiger partial charge in [0.1, 0.15) is 0 Å². The molecule has 0 aliphatic heterocycles. The number of aliphatic hydroxyl groups excluding tert-OH is 1. The monoisotopic (exact) mass is 168 g/mol. The van der Waals surface area contributed by atoms with Gasteiger partial charge in [-0.25, -0.2) is 0 Å². The van der Waals surface area contributed by atoms with Gasteiger partial charge < -0.3 is 5.11 Å². The van der Waals surface area contributed by atoms with E-state index in [1.807, 2.05) is 6.92 Å². The van der Waals surface area contributed by atoms with Crippen LogP contribution in [0, 0.1) is 5.92 Å². The summed E-state index contributed by atoms with van der Waals surface area (Å²) >= 11 is 0. The first-order chi connectivity index (χ1) is 5.70. The van der Waals surface area contributed by atoms with Crippen LogP contribution < -0.4 is 0 Å². The van der Waals surface area contributed by atoms with E-state index in [0.29, 0.717) is 5.92 Å². The van der Waals surface area contributed by atoms with E-state index in [1.54, 1.807) is 0 Å². The lowest BCUT2D eigenvalue weighted by atomic mass is 9.83. The van der Waals surface area contributed by atoms with Crippen LogP contribution in [-0.2, 0) is 0 Å². The Bertz CT molecular complexity index is 145. The molecule has 1 nitrogen and oxygen atoms in total. The normalized spacial score (nSPS) is 22.2. The van der Waals surface area contributed by atoms with Crippen molar-refractivity contribution in [1.29, 1.82) is 0 Å². The average Bonchev–Trinajstić information content (AvgIpc) is 2.05. The molecule has 0 aromatic rings. The highest BCUT2D eigenvalue weighted by Gasteiger charge is 2.21. The molecule has 0 aromatic carbocycles. The molecule has 1 saturated carbocycles. The number of rotatable bonds is 3. The number of hydrogen-bond donors (Lipinski definition) is 1. The van der Waals surface area contributed by atoms with Crippen LogP contribution in [-0.4, -0.2) is 11.2 Å². The van der Waals surface area contributed by atoms with Crippen molar-refractivity contribution in [3.8, 4) is 0 Å². The van der Waals surface area contributed by atoms with Crippen LogP contribution in [0.5, 0.6) is 0 Å². The summed E-state index contributed by atoms with van der Waals surface area (Å²) in [6.45, 7) is 5.82. The van der Waals surface area contributed by atoms with Crippen molar-refractivity contribution < 1.29 is 5.11 Å². The quantitative estimate of drug-likeness (QED) is 0.642. The first kappa shape index (κ1) is 9.79. The Hall–Kier alpha value is -0.300. The summed E-state index contributed by atoms with van der Waals surface area (Å²) in [6, 6.07) is 0. The van der Waals surface area contributed by atoms with Crippen molar-refractivity contribution in [3.63, 3.8) is 0 Å². The Morgan fingerprint density at radius 1 is 1.42 bits per heavy atom. The van der Waals surface area contributed by atoms with Gasteiger partial charge in [-0.15, -0.1) is 6.58 Å². The lowest BCUT2D eigenvalue weighted by molar-refractivity contribution is 0.0852. The highest BCUT2D eigenvalue weighted by atomic mass is 16.3. The average molecular weight is 168 g/mol. The van der Waals surface area contributed by atoms with Gasteiger partial charge in [0.25, 0.3) is 0 Å². The Morgan fingerprint density at radius 2 is 2.00 bits per heavy atom. The van der Waals surface area contributed by atoms with Crippen molar-refractivity contribution in [1.82, 2.24) is 0 Å². The van der Waals surface area contributed by atoms with Crippen LogP contribution in [0.2, 0.25) is 0 Å². The third-order valence-corrected chi connectivity index (χ3v) is 2.75. The van der Waals surface area contributed by atoms with Crippen LogP contribution >= 0.6 is 0 Å². The van der Waals surface area contributed by atoms with Crippen molar-refractivity contribution in [2.24, 2.45) is 5.92 Å². The summed E-state index contributed by atoms with van der Waals surface area (Å²) in [5, 5.41) is 9.78. The van der Waals surface area contributed by atoms with Crippen LogP contribution in [0.1, 0.15) is 45.4 Å². The molecule has 0 spiro atoms. The zero-order valence-corrected chi connectivity index (χ0v) is 8.05. The summed E-state index contributed by atoms with van der Waals surface area (Å²) < 4.78 is 0. The molecule has 0 amide bonds. The predicted molar refractivity (Wildman–Crippen MR) is 52.0 cm³/mol. The maximum Gasteiger partial charge on any atom is 0.0605 e. The van der Waals surface area contributed by atoms with Gasteiger partial charge in [-0.2, -0.15) is 0 Å². The van der Waals surface area contributed by atoms with Crippen LogP contribution in [0.25, 0.3) is 0 Å². The van der Waals surface area contributed by atoms with E-state index >= 15 is 0 Å². The second-order valence-electron chi connectivity index (χ2n) is 4.13. The van der Waals surface area contributed by atoms with E-state index in [2.05, 4.69) is 6.58 Å². The fourth-order valence-corrected chi connectivity index (χ4v) is 2.04. The molecule has 1 aliphatic carbocycles. The third kappa shape index (κ3) is 2.98. The lowest BCUT2D eigenvalue weighted by Crippen LogP contribution is -2.22. The molecular weight excluding hydrogens is 148 g/mol. The standard InChI is InChI=1S/C11H20O/c1-9(2)8-11(12)10-6-4-3-5-7-10/h10-12H,1,3-8H2,2H3. The molecule has 1 atom stereocenters. The summed E-state index contributed by atoms with van der Waals surface area (Å²) in [5.74, 6) is 0.551. The Kier molecular flexibility index (Phi) is 3.80. The molecule has 0 aromatic heterocycles. The predicted octanol–water partition coefficient (Wildman–Crippen LogP) is 2.89. The summed E-state index contributed by atoms with van der Waals surface area (Å²) in [5.41, 5.74) is 1.10. The first-order valence-corrected chi connectivity index (χ1v) is 5.02. The molecule has 1 rings (SSSR count). The topological polar surface area (TPSA) is 20.2 Å². The molecule has 1 N–H and O–H groups in total. The van der Waals surface area contributed by atoms with Gasteiger partial charge >= 0.3 is 0 Å². The van der Waals surface area contributed by atoms with Gasteiger partial charge in [-0.05, 0) is 32.1 Å². The maximum absolute atomic E-state index is 9.78. The van der Waals surface area contributed by atoms with Gasteiger partial charge in [-0.3, -0.25) is 0 Å². The van der Waals surface area contributed by atoms with E-state index in [9.17, 15) is 5.11 Å². The summed E-state index contributed by atoms with van der Waals surface area (Å²) in [6.07, 6.45) is 7.07. The number of aliphatic hydroxyl groups is 1. The van der Waals surface area contributed by atoms with Crippen LogP contribution in [0.15, 0.2) is 12.2 Å². The van der Waals surface area contributed by atoms with Crippen molar-refractivity contribution >= 4 is 0 Å². The second-order valence-corrected chi connectivity index (χ2v) is 4.13. The van der Waals surface area contributed by atoms with Gasteiger partial charge in [-0.1, -0.05) is 24.8 Å². The van der Waals surface area contributed by atoms with Gasteiger partial charge in [0.2, 0.25) is 0 Å². The van der Waals surface area contributed by atoms with E-state index in [0.717, 1.165) is 12.0 Å². The molecule has 1 heteroatoms. The molecule has 12 heavy (non-hydrogen) atoms. The minimum Gasteiger partial charge on any atom is -0.393 e. The van der Waals surface area contributed by atoms with Crippen LogP contribution in [0.3, 0.4) is 0 Å². The molecule has 70 valence electrons. The van der Waals surface area contributed by atoms with E-state index in [-0.39, 0.29) is 6.10 Å². The third-order valence-electron chi connectivity index (χ3n) is 2.75. The molecule has 0 radical (unpaired) electrons. The minimum absolute atomic E-state index is 0.122. The summed E-state index contributed by atoms with van der Waals surface area (Å²) in [7, 11) is 0. The Morgan fingerprint density at radius 3 is 2.50 bits per heavy atom. The molecule has 0 bridgehead atoms. The minimum atomic E-state index is -0.122. The van der Waals surface area contributed by atoms with Gasteiger partial charge in [0, 0.05) is 0 Å². The Balaban J connectivity index is 2.29. The fourth-order valence-electron chi connectivity index (χ4n) is 2.04. The molecule has 1 unspecified atom stereocenters. The van der Waals surface area contributed by atoms with Gasteiger partial charge in [0.15, 0.2) is 0 Å². The molecular formula is C11H20O. The van der Waals surface area contributed by atoms with Gasteiger partial charge in [0.05, 0.1) is 6.10 Å². The molecule has 1 aliphatic rings. The van der Waals surface area contributed by atoms with E-state index in [1.165, 1.54) is 32.1 Å². The number of hydrogen-bond acceptors (Lipinski definition) is 1. The molecule has 1 fully saturated rings. The zero-order chi connectivity index (χ0) is 8.97. The summed E-state index contributed by atoms with van der Waals surface area (Å²) in [4.78, 5) is 0. The zero-order valence-electron chi connectivity index (χ0n) is 8.05. The second kappa shape index (κ2) is 4.66. The van der Waals surface area contributed by atoms with Crippen LogP contribution in [0.4, 0.5) is 0 Å². The first-order valence-electron chi connectivity index (χ1n) is 5.02. The molecule has 0 heterocycles. The van der Waals surface area contributed by atoms with Crippen molar-refractivity contribution in [2.45, 2.75) is 51.6 Å². The highest BCUT2D eigenvalue weighted by molar-refractivity contribution is 4.92. The van der Waals surface area contributed by atoms with Crippen molar-refractivity contribution in [3.05, 3.63) is 12.2 Å². The van der Waals surface area contributed by atoms with Crippen molar-refractivity contribution in [2.75, 3.05) is 0 Å². The fraction of sp³-hybridized carbons (Fsp3) is 0.818. The Labute approximate surface area is 75.5 Å². The largest absolute Gasteiger partial charge is 0.393 e. The maximum atomic E-state index is 9.78. The SMILES string of the molecule is C=C(C)CC(O)C1CCCCC1. The smallest absolute Gasteiger partial charge is 0.0605 e. The highest BCUT2D eigenvalue weighted by Crippen LogP contribution is 2.28. The lowest BCUT2D eigenvalue weighted by Gasteiger charge is -2.26. The van der Waals surface area contributed by atoms with E-state index in [4.69, 9.17) is 0 Å².